The Labute approximate surface area is 229 Å². The van der Waals surface area contributed by atoms with Gasteiger partial charge in [-0.1, -0.05) is 40.2 Å². The Bertz CT molecular complexity index is 1380. The maximum atomic E-state index is 13.1. The van der Waals surface area contributed by atoms with Crippen molar-refractivity contribution in [3.05, 3.63) is 87.4 Å². The van der Waals surface area contributed by atoms with Gasteiger partial charge in [0.05, 0.1) is 12.3 Å². The molecule has 1 aliphatic heterocycles. The zero-order valence-corrected chi connectivity index (χ0v) is 22.8. The minimum atomic E-state index is -0.804. The largest absolute Gasteiger partial charge is 0.490 e. The van der Waals surface area contributed by atoms with Crippen molar-refractivity contribution in [2.24, 2.45) is 0 Å². The summed E-state index contributed by atoms with van der Waals surface area (Å²) < 4.78 is 18.3. The van der Waals surface area contributed by atoms with Crippen LogP contribution in [-0.4, -0.2) is 37.7 Å². The molecule has 0 radical (unpaired) electrons. The average molecular weight is 579 g/mol. The number of hydrogen-bond acceptors (Lipinski definition) is 6. The Hall–Kier alpha value is -4.11. The number of imide groups is 2. The van der Waals surface area contributed by atoms with Gasteiger partial charge in [0, 0.05) is 4.47 Å². The Morgan fingerprint density at radius 3 is 2.24 bits per heavy atom. The number of nitrogens with one attached hydrogen (secondary N) is 1. The molecule has 0 aromatic heterocycles. The van der Waals surface area contributed by atoms with E-state index >= 15 is 0 Å². The molecule has 1 fully saturated rings. The van der Waals surface area contributed by atoms with E-state index in [1.807, 2.05) is 39.0 Å². The van der Waals surface area contributed by atoms with Crippen LogP contribution in [0.4, 0.5) is 10.5 Å². The van der Waals surface area contributed by atoms with Gasteiger partial charge in [0.1, 0.15) is 24.5 Å². The summed E-state index contributed by atoms with van der Waals surface area (Å²) in [6.45, 7) is 6.86. The molecular formula is C29H27BrN2O6. The maximum Gasteiger partial charge on any atom is 0.335 e. The third kappa shape index (κ3) is 6.06. The summed E-state index contributed by atoms with van der Waals surface area (Å²) in [4.78, 5) is 39.0. The lowest BCUT2D eigenvalue weighted by atomic mass is 10.1. The lowest BCUT2D eigenvalue weighted by molar-refractivity contribution is -0.122. The molecule has 8 nitrogen and oxygen atoms in total. The van der Waals surface area contributed by atoms with Crippen LogP contribution in [0.2, 0.25) is 0 Å². The predicted octanol–water partition coefficient (Wildman–Crippen LogP) is 5.59. The van der Waals surface area contributed by atoms with Crippen LogP contribution in [0.15, 0.2) is 70.7 Å². The molecule has 4 rings (SSSR count). The van der Waals surface area contributed by atoms with Crippen molar-refractivity contribution < 1.29 is 28.6 Å². The van der Waals surface area contributed by atoms with Crippen LogP contribution in [-0.2, 0) is 9.59 Å². The third-order valence-electron chi connectivity index (χ3n) is 5.76. The first kappa shape index (κ1) is 26.9. The number of para-hydroxylation sites is 1. The number of urea groups is 1. The second kappa shape index (κ2) is 12.0. The zero-order chi connectivity index (χ0) is 27.2. The Kier molecular flexibility index (Phi) is 8.48. The van der Waals surface area contributed by atoms with E-state index in [0.717, 1.165) is 26.2 Å². The van der Waals surface area contributed by atoms with E-state index in [1.54, 1.807) is 42.5 Å². The highest BCUT2D eigenvalue weighted by Crippen LogP contribution is 2.31. The molecule has 0 spiro atoms. The van der Waals surface area contributed by atoms with Gasteiger partial charge in [-0.25, -0.2) is 9.69 Å². The molecule has 0 aliphatic carbocycles. The fourth-order valence-electron chi connectivity index (χ4n) is 3.97. The number of carbonyl (C=O) groups excluding carboxylic acids is 3. The lowest BCUT2D eigenvalue weighted by Gasteiger charge is -2.26. The molecule has 0 unspecified atom stereocenters. The molecule has 1 heterocycles. The smallest absolute Gasteiger partial charge is 0.335 e. The quantitative estimate of drug-likeness (QED) is 0.202. The summed E-state index contributed by atoms with van der Waals surface area (Å²) in [6.07, 6.45) is 1.42. The second-order valence-electron chi connectivity index (χ2n) is 8.49. The van der Waals surface area contributed by atoms with Crippen LogP contribution in [0.5, 0.6) is 17.2 Å². The summed E-state index contributed by atoms with van der Waals surface area (Å²) in [7, 11) is 0. The van der Waals surface area contributed by atoms with Crippen molar-refractivity contribution >= 4 is 45.5 Å². The molecule has 1 N–H and O–H groups in total. The number of carbonyl (C=O) groups is 3. The highest BCUT2D eigenvalue weighted by atomic mass is 79.9. The van der Waals surface area contributed by atoms with Crippen molar-refractivity contribution in [3.8, 4) is 17.2 Å². The van der Waals surface area contributed by atoms with Crippen LogP contribution >= 0.6 is 15.9 Å². The van der Waals surface area contributed by atoms with Gasteiger partial charge in [-0.15, -0.1) is 0 Å². The van der Waals surface area contributed by atoms with Crippen molar-refractivity contribution in [2.75, 3.05) is 24.7 Å². The molecule has 196 valence electrons. The number of ether oxygens (including phenoxy) is 3. The standard InChI is InChI=1S/C29H27BrN2O6/c1-4-36-25-17-20(8-13-24(25)37-14-15-38-26-18(2)6-5-7-19(26)3)16-23-27(33)31-29(35)32(28(23)34)22-11-9-21(30)10-12-22/h5-13,16-17H,4,14-15H2,1-3H3,(H,31,33,35)/b23-16-. The fourth-order valence-corrected chi connectivity index (χ4v) is 4.24. The SMILES string of the molecule is CCOc1cc(/C=C2/C(=O)NC(=O)N(c3ccc(Br)cc3)C2=O)ccc1OCCOc1c(C)cccc1C. The summed E-state index contributed by atoms with van der Waals surface area (Å²) in [6, 6.07) is 16.9. The predicted molar refractivity (Wildman–Crippen MR) is 148 cm³/mol. The molecule has 38 heavy (non-hydrogen) atoms. The topological polar surface area (TPSA) is 94.2 Å². The van der Waals surface area contributed by atoms with E-state index < -0.39 is 17.8 Å². The van der Waals surface area contributed by atoms with E-state index in [-0.39, 0.29) is 5.57 Å². The monoisotopic (exact) mass is 578 g/mol. The maximum absolute atomic E-state index is 13.1. The van der Waals surface area contributed by atoms with Crippen molar-refractivity contribution in [2.45, 2.75) is 20.8 Å². The van der Waals surface area contributed by atoms with Crippen molar-refractivity contribution in [3.63, 3.8) is 0 Å². The molecule has 9 heteroatoms. The molecule has 0 bridgehead atoms. The van der Waals surface area contributed by atoms with Gasteiger partial charge in [0.25, 0.3) is 11.8 Å². The van der Waals surface area contributed by atoms with Crippen LogP contribution in [0.1, 0.15) is 23.6 Å². The molecule has 0 saturated carbocycles. The Morgan fingerprint density at radius 1 is 0.868 bits per heavy atom. The van der Waals surface area contributed by atoms with Gasteiger partial charge in [0.2, 0.25) is 0 Å². The van der Waals surface area contributed by atoms with Crippen LogP contribution < -0.4 is 24.4 Å². The fraction of sp³-hybridized carbons (Fsp3) is 0.207. The minimum absolute atomic E-state index is 0.175. The minimum Gasteiger partial charge on any atom is -0.490 e. The third-order valence-corrected chi connectivity index (χ3v) is 6.29. The highest BCUT2D eigenvalue weighted by Gasteiger charge is 2.36. The number of amides is 4. The molecule has 3 aromatic rings. The molecule has 1 saturated heterocycles. The number of halogens is 1. The normalized spacial score (nSPS) is 14.5. The highest BCUT2D eigenvalue weighted by molar-refractivity contribution is 9.10. The summed E-state index contributed by atoms with van der Waals surface area (Å²) in [5, 5.41) is 2.23. The Morgan fingerprint density at radius 2 is 1.55 bits per heavy atom. The lowest BCUT2D eigenvalue weighted by Crippen LogP contribution is -2.54. The van der Waals surface area contributed by atoms with Gasteiger partial charge in [0.15, 0.2) is 11.5 Å². The molecule has 4 amide bonds. The van der Waals surface area contributed by atoms with E-state index in [1.165, 1.54) is 6.08 Å². The zero-order valence-electron chi connectivity index (χ0n) is 21.2. The first-order valence-corrected chi connectivity index (χ1v) is 12.8. The van der Waals surface area contributed by atoms with Gasteiger partial charge >= 0.3 is 6.03 Å². The number of barbiturate groups is 1. The number of benzene rings is 3. The van der Waals surface area contributed by atoms with Crippen molar-refractivity contribution in [1.82, 2.24) is 5.32 Å². The summed E-state index contributed by atoms with van der Waals surface area (Å²) in [5.41, 5.74) is 2.82. The van der Waals surface area contributed by atoms with Crippen LogP contribution in [0.25, 0.3) is 6.08 Å². The number of aryl methyl sites for hydroxylation is 2. The molecule has 1 aliphatic rings. The first-order chi connectivity index (χ1) is 18.3. The second-order valence-corrected chi connectivity index (χ2v) is 9.41. The van der Waals surface area contributed by atoms with Crippen LogP contribution in [0, 0.1) is 13.8 Å². The Balaban J connectivity index is 1.51. The van der Waals surface area contributed by atoms with Gasteiger partial charge in [-0.2, -0.15) is 0 Å². The van der Waals surface area contributed by atoms with Crippen molar-refractivity contribution in [1.29, 1.82) is 0 Å². The van der Waals surface area contributed by atoms with Gasteiger partial charge in [-0.05, 0) is 79.9 Å². The summed E-state index contributed by atoms with van der Waals surface area (Å²) in [5.74, 6) is 0.316. The van der Waals surface area contributed by atoms with Gasteiger partial charge < -0.3 is 14.2 Å². The van der Waals surface area contributed by atoms with E-state index in [0.29, 0.717) is 42.6 Å². The molecular weight excluding hydrogens is 552 g/mol. The van der Waals surface area contributed by atoms with E-state index in [2.05, 4.69) is 21.2 Å². The number of nitrogens with zero attached hydrogens (tertiary/aromatic N) is 1. The number of rotatable bonds is 9. The molecule has 0 atom stereocenters. The summed E-state index contributed by atoms with van der Waals surface area (Å²) >= 11 is 3.33. The average Bonchev–Trinajstić information content (AvgIpc) is 2.88. The first-order valence-electron chi connectivity index (χ1n) is 12.0. The molecule has 3 aromatic carbocycles. The van der Waals surface area contributed by atoms with E-state index in [4.69, 9.17) is 14.2 Å². The van der Waals surface area contributed by atoms with Crippen LogP contribution in [0.3, 0.4) is 0 Å². The van der Waals surface area contributed by atoms with Gasteiger partial charge in [-0.3, -0.25) is 14.9 Å². The number of anilines is 1. The van der Waals surface area contributed by atoms with E-state index in [9.17, 15) is 14.4 Å². The number of hydrogen-bond donors (Lipinski definition) is 1.